The van der Waals surface area contributed by atoms with E-state index in [2.05, 4.69) is 25.8 Å². The highest BCUT2D eigenvalue weighted by molar-refractivity contribution is 5.32. The average molecular weight is 341 g/mol. The zero-order valence-electron chi connectivity index (χ0n) is 14.2. The van der Waals surface area contributed by atoms with Gasteiger partial charge in [0.15, 0.2) is 0 Å². The summed E-state index contributed by atoms with van der Waals surface area (Å²) in [5.41, 5.74) is 1.90. The second-order valence-corrected chi connectivity index (χ2v) is 6.64. The first-order chi connectivity index (χ1) is 12.3. The quantitative estimate of drug-likeness (QED) is 0.894. The highest BCUT2D eigenvalue weighted by atomic mass is 16.5. The van der Waals surface area contributed by atoms with Crippen molar-refractivity contribution in [1.29, 1.82) is 0 Å². The van der Waals surface area contributed by atoms with Crippen LogP contribution in [0.5, 0.6) is 0 Å². The number of morpholine rings is 1. The van der Waals surface area contributed by atoms with E-state index in [1.165, 1.54) is 0 Å². The van der Waals surface area contributed by atoms with Crippen molar-refractivity contribution in [3.63, 3.8) is 0 Å². The second-order valence-electron chi connectivity index (χ2n) is 6.64. The van der Waals surface area contributed by atoms with Gasteiger partial charge >= 0.3 is 0 Å². The highest BCUT2D eigenvalue weighted by Crippen LogP contribution is 2.27. The third-order valence-corrected chi connectivity index (χ3v) is 4.86. The molecule has 2 fully saturated rings. The molecule has 2 aliphatic rings. The zero-order valence-corrected chi connectivity index (χ0v) is 14.2. The average Bonchev–Trinajstić information content (AvgIpc) is 3.11. The number of aromatic amines is 1. The minimum atomic E-state index is -0.0744. The molecule has 0 unspecified atom stereocenters. The van der Waals surface area contributed by atoms with Crippen molar-refractivity contribution in [3.8, 4) is 0 Å². The van der Waals surface area contributed by atoms with E-state index in [1.807, 2.05) is 18.3 Å². The molecule has 1 N–H and O–H groups in total. The molecule has 1 atom stereocenters. The summed E-state index contributed by atoms with van der Waals surface area (Å²) in [5.74, 6) is 0.972. The van der Waals surface area contributed by atoms with E-state index < -0.39 is 0 Å². The summed E-state index contributed by atoms with van der Waals surface area (Å²) in [7, 11) is 0. The van der Waals surface area contributed by atoms with E-state index in [1.54, 1.807) is 6.07 Å². The molecular weight excluding hydrogens is 318 g/mol. The van der Waals surface area contributed by atoms with Crippen molar-refractivity contribution >= 4 is 5.95 Å². The first-order valence-corrected chi connectivity index (χ1v) is 8.84. The molecule has 2 saturated heterocycles. The molecule has 0 aromatic carbocycles. The fourth-order valence-electron chi connectivity index (χ4n) is 3.54. The number of hydrogen-bond donors (Lipinski definition) is 1. The number of anilines is 1. The molecule has 7 nitrogen and oxygen atoms in total. The summed E-state index contributed by atoms with van der Waals surface area (Å²) >= 11 is 0. The molecular formula is C18H23N5O2. The van der Waals surface area contributed by atoms with Gasteiger partial charge in [0, 0.05) is 44.4 Å². The Hall–Kier alpha value is -2.25. The molecule has 0 bridgehead atoms. The van der Waals surface area contributed by atoms with E-state index in [-0.39, 0.29) is 5.56 Å². The van der Waals surface area contributed by atoms with Gasteiger partial charge in [-0.2, -0.15) is 0 Å². The van der Waals surface area contributed by atoms with Gasteiger partial charge in [0.1, 0.15) is 0 Å². The minimum Gasteiger partial charge on any atom is -0.378 e. The topological polar surface area (TPSA) is 74.3 Å². The number of ether oxygens (including phenoxy) is 1. The van der Waals surface area contributed by atoms with E-state index in [0.717, 1.165) is 50.5 Å². The van der Waals surface area contributed by atoms with Gasteiger partial charge in [-0.25, -0.2) is 4.98 Å². The Bertz CT molecular complexity index is 758. The molecule has 7 heteroatoms. The van der Waals surface area contributed by atoms with Crippen molar-refractivity contribution in [2.24, 2.45) is 0 Å². The molecule has 2 aromatic heterocycles. The maximum atomic E-state index is 12.1. The molecule has 0 saturated carbocycles. The van der Waals surface area contributed by atoms with Gasteiger partial charge < -0.3 is 9.64 Å². The van der Waals surface area contributed by atoms with E-state index in [0.29, 0.717) is 25.1 Å². The van der Waals surface area contributed by atoms with Gasteiger partial charge in [-0.3, -0.25) is 19.7 Å². The number of aromatic nitrogens is 3. The molecule has 132 valence electrons. The lowest BCUT2D eigenvalue weighted by Crippen LogP contribution is -2.38. The molecule has 0 spiro atoms. The Morgan fingerprint density at radius 2 is 2.12 bits per heavy atom. The molecule has 2 aromatic rings. The lowest BCUT2D eigenvalue weighted by atomic mass is 10.1. The Morgan fingerprint density at radius 3 is 2.92 bits per heavy atom. The smallest absolute Gasteiger partial charge is 0.252 e. The van der Waals surface area contributed by atoms with Crippen molar-refractivity contribution in [2.45, 2.75) is 18.9 Å². The van der Waals surface area contributed by atoms with Crippen LogP contribution in [-0.4, -0.2) is 59.2 Å². The van der Waals surface area contributed by atoms with Crippen LogP contribution in [0.1, 0.15) is 23.7 Å². The van der Waals surface area contributed by atoms with Crippen LogP contribution in [0.2, 0.25) is 0 Å². The van der Waals surface area contributed by atoms with Crippen LogP contribution in [0.4, 0.5) is 5.95 Å². The number of pyridine rings is 1. The van der Waals surface area contributed by atoms with Crippen LogP contribution in [0.15, 0.2) is 35.3 Å². The molecule has 0 amide bonds. The summed E-state index contributed by atoms with van der Waals surface area (Å²) in [4.78, 5) is 28.6. The van der Waals surface area contributed by atoms with Gasteiger partial charge in [0.05, 0.1) is 24.6 Å². The van der Waals surface area contributed by atoms with Crippen LogP contribution in [0, 0.1) is 0 Å². The first-order valence-electron chi connectivity index (χ1n) is 8.84. The lowest BCUT2D eigenvalue weighted by molar-refractivity contribution is 0.122. The second kappa shape index (κ2) is 7.33. The van der Waals surface area contributed by atoms with E-state index in [4.69, 9.17) is 9.72 Å². The molecule has 25 heavy (non-hydrogen) atoms. The van der Waals surface area contributed by atoms with Crippen molar-refractivity contribution in [1.82, 2.24) is 19.9 Å². The fraction of sp³-hybridized carbons (Fsp3) is 0.500. The third-order valence-electron chi connectivity index (χ3n) is 4.86. The number of rotatable bonds is 4. The number of nitrogens with zero attached hydrogens (tertiary/aromatic N) is 4. The Labute approximate surface area is 146 Å². The maximum Gasteiger partial charge on any atom is 0.252 e. The number of hydrogen-bond acceptors (Lipinski definition) is 6. The van der Waals surface area contributed by atoms with Gasteiger partial charge in [-0.1, -0.05) is 6.07 Å². The number of nitrogens with one attached hydrogen (secondary N) is 1. The van der Waals surface area contributed by atoms with Crippen LogP contribution in [0.25, 0.3) is 0 Å². The lowest BCUT2D eigenvalue weighted by Gasteiger charge is -2.27. The first kappa shape index (κ1) is 16.2. The van der Waals surface area contributed by atoms with Gasteiger partial charge in [0.25, 0.3) is 5.56 Å². The minimum absolute atomic E-state index is 0.0744. The standard InChI is InChI=1S/C18H23N5O2/c24-17-11-16(20-18(21-17)23-7-9-25-10-8-23)14-4-6-22(12-14)13-15-3-1-2-5-19-15/h1-3,5,11,14H,4,6-10,12-13H2,(H,20,21,24)/t14-/m1/s1. The monoisotopic (exact) mass is 341 g/mol. The van der Waals surface area contributed by atoms with Crippen LogP contribution >= 0.6 is 0 Å². The Balaban J connectivity index is 1.46. The SMILES string of the molecule is O=c1cc([C@@H]2CCN(Cc3ccccn3)C2)nc(N2CCOCC2)[nH]1. The molecule has 4 rings (SSSR count). The van der Waals surface area contributed by atoms with Gasteiger partial charge in [-0.15, -0.1) is 0 Å². The van der Waals surface area contributed by atoms with E-state index >= 15 is 0 Å². The summed E-state index contributed by atoms with van der Waals surface area (Å²) in [5, 5.41) is 0. The number of H-pyrrole nitrogens is 1. The Kier molecular flexibility index (Phi) is 4.76. The summed E-state index contributed by atoms with van der Waals surface area (Å²) in [6.45, 7) is 5.64. The third kappa shape index (κ3) is 3.88. The van der Waals surface area contributed by atoms with Crippen molar-refractivity contribution in [3.05, 3.63) is 52.2 Å². The van der Waals surface area contributed by atoms with Crippen molar-refractivity contribution < 1.29 is 4.74 Å². The van der Waals surface area contributed by atoms with Crippen molar-refractivity contribution in [2.75, 3.05) is 44.3 Å². The summed E-state index contributed by atoms with van der Waals surface area (Å²) in [6.07, 6.45) is 2.85. The molecule has 0 radical (unpaired) electrons. The van der Waals surface area contributed by atoms with Crippen LogP contribution in [0.3, 0.4) is 0 Å². The predicted octanol–water partition coefficient (Wildman–Crippen LogP) is 0.991. The molecule has 0 aliphatic carbocycles. The Morgan fingerprint density at radius 1 is 1.24 bits per heavy atom. The zero-order chi connectivity index (χ0) is 17.1. The maximum absolute atomic E-state index is 12.1. The number of likely N-dealkylation sites (tertiary alicyclic amines) is 1. The van der Waals surface area contributed by atoms with Crippen LogP contribution < -0.4 is 10.5 Å². The normalized spacial score (nSPS) is 21.6. The van der Waals surface area contributed by atoms with E-state index in [9.17, 15) is 4.79 Å². The highest BCUT2D eigenvalue weighted by Gasteiger charge is 2.26. The molecule has 4 heterocycles. The van der Waals surface area contributed by atoms with Gasteiger partial charge in [0.2, 0.25) is 5.95 Å². The summed E-state index contributed by atoms with van der Waals surface area (Å²) in [6, 6.07) is 7.65. The van der Waals surface area contributed by atoms with Gasteiger partial charge in [-0.05, 0) is 25.1 Å². The largest absolute Gasteiger partial charge is 0.378 e. The summed E-state index contributed by atoms with van der Waals surface area (Å²) < 4.78 is 5.38. The fourth-order valence-corrected chi connectivity index (χ4v) is 3.54. The van der Waals surface area contributed by atoms with Crippen LogP contribution in [-0.2, 0) is 11.3 Å². The molecule has 2 aliphatic heterocycles. The predicted molar refractivity (Wildman–Crippen MR) is 94.8 cm³/mol.